The molecule has 2 rings (SSSR count). The molecule has 102 valence electrons. The van der Waals surface area contributed by atoms with Gasteiger partial charge in [-0.3, -0.25) is 0 Å². The number of nitrogens with zero attached hydrogens (tertiary/aromatic N) is 3. The zero-order chi connectivity index (χ0) is 14.0. The van der Waals surface area contributed by atoms with Crippen LogP contribution in [0.3, 0.4) is 0 Å². The van der Waals surface area contributed by atoms with Crippen molar-refractivity contribution in [2.75, 3.05) is 0 Å². The summed E-state index contributed by atoms with van der Waals surface area (Å²) in [5.74, 6) is 0. The van der Waals surface area contributed by atoms with Gasteiger partial charge in [0.25, 0.3) is 0 Å². The standard InChI is InChI=1S/C13H16BrClN4/c1-8(2)16-7-9-6-10(15)4-5-11(9)12-13(14)17-18-19(12)3/h4-6,8,16H,7H2,1-3H3. The first-order valence-electron chi connectivity index (χ1n) is 6.06. The lowest BCUT2D eigenvalue weighted by molar-refractivity contribution is 0.589. The first-order chi connectivity index (χ1) is 8.99. The van der Waals surface area contributed by atoms with E-state index in [-0.39, 0.29) is 0 Å². The number of hydrogen-bond acceptors (Lipinski definition) is 3. The Morgan fingerprint density at radius 3 is 2.74 bits per heavy atom. The summed E-state index contributed by atoms with van der Waals surface area (Å²) in [6.07, 6.45) is 0. The fraction of sp³-hybridized carbons (Fsp3) is 0.385. The van der Waals surface area contributed by atoms with Crippen molar-refractivity contribution < 1.29 is 0 Å². The minimum atomic E-state index is 0.417. The number of hydrogen-bond donors (Lipinski definition) is 1. The van der Waals surface area contributed by atoms with Crippen molar-refractivity contribution in [3.8, 4) is 11.3 Å². The van der Waals surface area contributed by atoms with Gasteiger partial charge in [0.2, 0.25) is 0 Å². The highest BCUT2D eigenvalue weighted by Gasteiger charge is 2.14. The molecule has 0 fully saturated rings. The molecule has 0 saturated heterocycles. The van der Waals surface area contributed by atoms with E-state index in [9.17, 15) is 0 Å². The van der Waals surface area contributed by atoms with Gasteiger partial charge >= 0.3 is 0 Å². The summed E-state index contributed by atoms with van der Waals surface area (Å²) >= 11 is 9.53. The van der Waals surface area contributed by atoms with E-state index in [0.29, 0.717) is 6.04 Å². The summed E-state index contributed by atoms with van der Waals surface area (Å²) in [6, 6.07) is 6.28. The fourth-order valence-electron chi connectivity index (χ4n) is 1.87. The van der Waals surface area contributed by atoms with E-state index in [1.54, 1.807) is 4.68 Å². The molecule has 1 N–H and O–H groups in total. The Kier molecular flexibility index (Phi) is 4.60. The van der Waals surface area contributed by atoms with Gasteiger partial charge in [-0.15, -0.1) is 5.10 Å². The SMILES string of the molecule is CC(C)NCc1cc(Cl)ccc1-c1c(Br)nnn1C. The highest BCUT2D eigenvalue weighted by atomic mass is 79.9. The van der Waals surface area contributed by atoms with E-state index in [1.807, 2.05) is 25.2 Å². The van der Waals surface area contributed by atoms with Gasteiger partial charge in [0.15, 0.2) is 4.60 Å². The average Bonchev–Trinajstić information content (AvgIpc) is 2.67. The molecule has 1 aromatic carbocycles. The van der Waals surface area contributed by atoms with Crippen molar-refractivity contribution in [3.63, 3.8) is 0 Å². The van der Waals surface area contributed by atoms with Gasteiger partial charge in [-0.2, -0.15) is 0 Å². The Morgan fingerprint density at radius 1 is 1.42 bits per heavy atom. The maximum absolute atomic E-state index is 6.10. The second kappa shape index (κ2) is 6.03. The van der Waals surface area contributed by atoms with Crippen molar-refractivity contribution in [2.45, 2.75) is 26.4 Å². The van der Waals surface area contributed by atoms with Gasteiger partial charge < -0.3 is 5.32 Å². The molecule has 0 spiro atoms. The second-order valence-corrected chi connectivity index (χ2v) is 5.88. The molecule has 0 saturated carbocycles. The molecule has 19 heavy (non-hydrogen) atoms. The van der Waals surface area contributed by atoms with Crippen LogP contribution in [-0.4, -0.2) is 21.0 Å². The molecule has 0 unspecified atom stereocenters. The summed E-state index contributed by atoms with van der Waals surface area (Å²) in [6.45, 7) is 4.99. The Hall–Kier alpha value is -0.910. The Morgan fingerprint density at radius 2 is 2.16 bits per heavy atom. The minimum absolute atomic E-state index is 0.417. The van der Waals surface area contributed by atoms with Crippen molar-refractivity contribution in [1.82, 2.24) is 20.3 Å². The zero-order valence-electron chi connectivity index (χ0n) is 11.1. The summed E-state index contributed by atoms with van der Waals surface area (Å²) < 4.78 is 2.50. The third-order valence-electron chi connectivity index (χ3n) is 2.81. The largest absolute Gasteiger partial charge is 0.310 e. The number of nitrogens with one attached hydrogen (secondary N) is 1. The van der Waals surface area contributed by atoms with Crippen LogP contribution in [0.4, 0.5) is 0 Å². The van der Waals surface area contributed by atoms with Gasteiger partial charge in [-0.05, 0) is 33.6 Å². The maximum Gasteiger partial charge on any atom is 0.156 e. The second-order valence-electron chi connectivity index (χ2n) is 4.69. The molecule has 0 radical (unpaired) electrons. The molecular weight excluding hydrogens is 328 g/mol. The average molecular weight is 344 g/mol. The molecule has 1 aromatic heterocycles. The van der Waals surface area contributed by atoms with Crippen molar-refractivity contribution in [3.05, 3.63) is 33.4 Å². The normalized spacial score (nSPS) is 11.3. The Labute approximate surface area is 126 Å². The molecule has 0 amide bonds. The van der Waals surface area contributed by atoms with Crippen LogP contribution in [0.1, 0.15) is 19.4 Å². The van der Waals surface area contributed by atoms with Crippen molar-refractivity contribution >= 4 is 27.5 Å². The van der Waals surface area contributed by atoms with Crippen LogP contribution in [0, 0.1) is 0 Å². The molecule has 0 aliphatic rings. The van der Waals surface area contributed by atoms with Crippen LogP contribution in [0.15, 0.2) is 22.8 Å². The molecule has 4 nitrogen and oxygen atoms in total. The maximum atomic E-state index is 6.10. The van der Waals surface area contributed by atoms with E-state index < -0.39 is 0 Å². The molecule has 0 atom stereocenters. The summed E-state index contributed by atoms with van der Waals surface area (Å²) in [4.78, 5) is 0. The number of benzene rings is 1. The lowest BCUT2D eigenvalue weighted by Gasteiger charge is -2.13. The number of aryl methyl sites for hydroxylation is 1. The predicted octanol–water partition coefficient (Wildman–Crippen LogP) is 3.40. The summed E-state index contributed by atoms with van der Waals surface area (Å²) in [7, 11) is 1.88. The number of aromatic nitrogens is 3. The first kappa shape index (κ1) is 14.5. The summed E-state index contributed by atoms with van der Waals surface area (Å²) in [5, 5.41) is 12.2. The third-order valence-corrected chi connectivity index (χ3v) is 3.58. The van der Waals surface area contributed by atoms with E-state index in [2.05, 4.69) is 45.4 Å². The Balaban J connectivity index is 2.45. The van der Waals surface area contributed by atoms with E-state index in [4.69, 9.17) is 11.6 Å². The molecule has 2 aromatic rings. The topological polar surface area (TPSA) is 42.7 Å². The van der Waals surface area contributed by atoms with Crippen LogP contribution in [0.2, 0.25) is 5.02 Å². The van der Waals surface area contributed by atoms with E-state index in [1.165, 1.54) is 0 Å². The van der Waals surface area contributed by atoms with Gasteiger partial charge in [-0.25, -0.2) is 4.68 Å². The molecule has 0 bridgehead atoms. The smallest absolute Gasteiger partial charge is 0.156 e. The zero-order valence-corrected chi connectivity index (χ0v) is 13.5. The van der Waals surface area contributed by atoms with E-state index in [0.717, 1.165) is 33.0 Å². The summed E-state index contributed by atoms with van der Waals surface area (Å²) in [5.41, 5.74) is 3.17. The molecule has 0 aliphatic heterocycles. The van der Waals surface area contributed by atoms with Crippen LogP contribution in [-0.2, 0) is 13.6 Å². The van der Waals surface area contributed by atoms with Crippen molar-refractivity contribution in [1.29, 1.82) is 0 Å². The predicted molar refractivity (Wildman–Crippen MR) is 81.1 cm³/mol. The van der Waals surface area contributed by atoms with Gasteiger partial charge in [0, 0.05) is 30.2 Å². The van der Waals surface area contributed by atoms with Crippen LogP contribution >= 0.6 is 27.5 Å². The number of halogens is 2. The molecular formula is C13H16BrClN4. The number of rotatable bonds is 4. The fourth-order valence-corrected chi connectivity index (χ4v) is 2.61. The molecule has 6 heteroatoms. The highest BCUT2D eigenvalue weighted by molar-refractivity contribution is 9.10. The monoisotopic (exact) mass is 342 g/mol. The molecule has 1 heterocycles. The minimum Gasteiger partial charge on any atom is -0.310 e. The van der Waals surface area contributed by atoms with Gasteiger partial charge in [0.05, 0.1) is 0 Å². The van der Waals surface area contributed by atoms with Gasteiger partial charge in [-0.1, -0.05) is 36.7 Å². The lowest BCUT2D eigenvalue weighted by atomic mass is 10.0. The van der Waals surface area contributed by atoms with Crippen molar-refractivity contribution in [2.24, 2.45) is 7.05 Å². The Bertz CT molecular complexity index is 561. The third kappa shape index (κ3) is 3.35. The van der Waals surface area contributed by atoms with Crippen LogP contribution in [0.5, 0.6) is 0 Å². The molecule has 0 aliphatic carbocycles. The van der Waals surface area contributed by atoms with Crippen LogP contribution < -0.4 is 5.32 Å². The highest BCUT2D eigenvalue weighted by Crippen LogP contribution is 2.30. The lowest BCUT2D eigenvalue weighted by Crippen LogP contribution is -2.22. The van der Waals surface area contributed by atoms with Gasteiger partial charge in [0.1, 0.15) is 5.69 Å². The quantitative estimate of drug-likeness (QED) is 0.925. The van der Waals surface area contributed by atoms with Crippen LogP contribution in [0.25, 0.3) is 11.3 Å². The van der Waals surface area contributed by atoms with E-state index >= 15 is 0 Å². The first-order valence-corrected chi connectivity index (χ1v) is 7.23.